The Kier molecular flexibility index (Phi) is 8.47. The van der Waals surface area contributed by atoms with Crippen LogP contribution in [0.3, 0.4) is 0 Å². The van der Waals surface area contributed by atoms with E-state index >= 15 is 0 Å². The van der Waals surface area contributed by atoms with E-state index in [0.717, 1.165) is 23.2 Å². The Morgan fingerprint density at radius 3 is 2.34 bits per heavy atom. The van der Waals surface area contributed by atoms with Gasteiger partial charge in [0.2, 0.25) is 0 Å². The van der Waals surface area contributed by atoms with E-state index in [9.17, 15) is 4.79 Å². The third-order valence-electron chi connectivity index (χ3n) is 5.34. The minimum Gasteiger partial charge on any atom is -0.494 e. The molecule has 1 aromatic heterocycles. The summed E-state index contributed by atoms with van der Waals surface area (Å²) in [4.78, 5) is 15.2. The quantitative estimate of drug-likeness (QED) is 0.298. The third-order valence-corrected chi connectivity index (χ3v) is 6.42. The van der Waals surface area contributed by atoms with Crippen LogP contribution in [0.1, 0.15) is 55.0 Å². The second-order valence-electron chi connectivity index (χ2n) is 7.88. The molecule has 6 nitrogen and oxygen atoms in total. The number of hydrogen-bond donors (Lipinski definition) is 0. The van der Waals surface area contributed by atoms with E-state index in [1.54, 1.807) is 0 Å². The number of carbonyl (C=O) groups is 1. The van der Waals surface area contributed by atoms with Gasteiger partial charge in [0.05, 0.1) is 24.4 Å². The average molecular weight is 453 g/mol. The fourth-order valence-electron chi connectivity index (χ4n) is 3.66. The van der Waals surface area contributed by atoms with Crippen molar-refractivity contribution >= 4 is 17.5 Å². The van der Waals surface area contributed by atoms with Gasteiger partial charge < -0.3 is 9.30 Å². The fourth-order valence-corrected chi connectivity index (χ4v) is 4.59. The molecule has 2 aromatic carbocycles. The molecule has 1 heterocycles. The molecular weight excluding hydrogens is 420 g/mol. The number of nitrogens with zero attached hydrogens (tertiary/aromatic N) is 4. The van der Waals surface area contributed by atoms with E-state index in [1.165, 1.54) is 17.3 Å². The Balaban J connectivity index is 1.85. The minimum atomic E-state index is -0.293. The topological polar surface area (TPSA) is 60.2 Å². The van der Waals surface area contributed by atoms with Gasteiger partial charge in [-0.1, -0.05) is 49.0 Å². The third kappa shape index (κ3) is 5.78. The van der Waals surface area contributed by atoms with E-state index < -0.39 is 0 Å². The van der Waals surface area contributed by atoms with E-state index in [2.05, 4.69) is 52.8 Å². The molecule has 0 aliphatic rings. The number of thioether (sulfide) groups is 1. The number of ketones is 1. The summed E-state index contributed by atoms with van der Waals surface area (Å²) in [5, 5.41) is 9.51. The number of carbonyl (C=O) groups excluding carboxylic acids is 1. The lowest BCUT2D eigenvalue weighted by Gasteiger charge is -2.23. The molecule has 3 aromatic rings. The summed E-state index contributed by atoms with van der Waals surface area (Å²) in [5.74, 6) is 1.75. The lowest BCUT2D eigenvalue weighted by molar-refractivity contribution is 0.0994. The zero-order chi connectivity index (χ0) is 23.1. The average Bonchev–Trinajstić information content (AvgIpc) is 3.16. The molecular formula is C25H32N4O2S. The van der Waals surface area contributed by atoms with Crippen molar-refractivity contribution in [3.05, 3.63) is 71.5 Å². The first-order valence-corrected chi connectivity index (χ1v) is 11.9. The lowest BCUT2D eigenvalue weighted by Crippen LogP contribution is -2.23. The molecule has 2 atom stereocenters. The maximum Gasteiger partial charge on any atom is 0.192 e. The summed E-state index contributed by atoms with van der Waals surface area (Å²) in [6.45, 7) is 7.28. The highest BCUT2D eigenvalue weighted by Gasteiger charge is 2.25. The van der Waals surface area contributed by atoms with Gasteiger partial charge in [-0.3, -0.25) is 9.69 Å². The van der Waals surface area contributed by atoms with Gasteiger partial charge in [-0.2, -0.15) is 0 Å². The van der Waals surface area contributed by atoms with Crippen LogP contribution in [0.25, 0.3) is 0 Å². The highest BCUT2D eigenvalue weighted by Crippen LogP contribution is 2.30. The summed E-state index contributed by atoms with van der Waals surface area (Å²) >= 11 is 1.46. The monoisotopic (exact) mass is 452 g/mol. The molecule has 0 N–H and O–H groups in total. The van der Waals surface area contributed by atoms with E-state index in [-0.39, 0.29) is 17.1 Å². The van der Waals surface area contributed by atoms with E-state index in [4.69, 9.17) is 4.74 Å². The molecule has 0 aliphatic carbocycles. The van der Waals surface area contributed by atoms with Gasteiger partial charge in [0.25, 0.3) is 0 Å². The predicted molar refractivity (Wildman–Crippen MR) is 130 cm³/mol. The van der Waals surface area contributed by atoms with Crippen molar-refractivity contribution in [2.75, 3.05) is 20.7 Å². The molecule has 0 amide bonds. The second-order valence-corrected chi connectivity index (χ2v) is 9.19. The molecule has 0 saturated heterocycles. The second kappa shape index (κ2) is 11.3. The molecule has 0 aliphatic heterocycles. The van der Waals surface area contributed by atoms with Crippen LogP contribution in [0.2, 0.25) is 0 Å². The van der Waals surface area contributed by atoms with Crippen molar-refractivity contribution in [3.63, 3.8) is 0 Å². The van der Waals surface area contributed by atoms with Crippen LogP contribution in [0.15, 0.2) is 59.8 Å². The van der Waals surface area contributed by atoms with Gasteiger partial charge in [0.15, 0.2) is 16.8 Å². The van der Waals surface area contributed by atoms with Crippen LogP contribution in [-0.4, -0.2) is 51.4 Å². The molecule has 32 heavy (non-hydrogen) atoms. The highest BCUT2D eigenvalue weighted by molar-refractivity contribution is 8.00. The first kappa shape index (κ1) is 24.0. The Morgan fingerprint density at radius 1 is 1.06 bits per heavy atom. The summed E-state index contributed by atoms with van der Waals surface area (Å²) in [6.07, 6.45) is 0.922. The molecule has 170 valence electrons. The number of hydrogen-bond acceptors (Lipinski definition) is 6. The Hall–Kier alpha value is -2.64. The first-order chi connectivity index (χ1) is 15.4. The molecule has 7 heteroatoms. The van der Waals surface area contributed by atoms with Gasteiger partial charge in [-0.25, -0.2) is 0 Å². The number of rotatable bonds is 11. The Morgan fingerprint density at radius 2 is 1.75 bits per heavy atom. The maximum absolute atomic E-state index is 13.1. The fraction of sp³-hybridized carbons (Fsp3) is 0.400. The van der Waals surface area contributed by atoms with Crippen molar-refractivity contribution in [1.29, 1.82) is 0 Å². The van der Waals surface area contributed by atoms with Gasteiger partial charge in [-0.15, -0.1) is 10.2 Å². The summed E-state index contributed by atoms with van der Waals surface area (Å²) in [5.41, 5.74) is 1.84. The van der Waals surface area contributed by atoms with Crippen LogP contribution >= 0.6 is 11.8 Å². The number of benzene rings is 2. The van der Waals surface area contributed by atoms with Gasteiger partial charge in [0, 0.05) is 5.56 Å². The SMILES string of the molecule is CCOc1ccc(C(=O)[C@@H](C)Sc2nnc([C@H](CC)N(C)C)n2Cc2ccccc2)cc1. The van der Waals surface area contributed by atoms with Crippen LogP contribution in [0.4, 0.5) is 0 Å². The van der Waals surface area contributed by atoms with Crippen LogP contribution in [0.5, 0.6) is 5.75 Å². The predicted octanol–water partition coefficient (Wildman–Crippen LogP) is 5.10. The molecule has 0 unspecified atom stereocenters. The molecule has 0 fully saturated rings. The molecule has 3 rings (SSSR count). The number of aromatic nitrogens is 3. The zero-order valence-electron chi connectivity index (χ0n) is 19.5. The standard InChI is InChI=1S/C25H32N4O2S/c1-6-22(28(4)5)24-26-27-25(29(24)17-19-11-9-8-10-12-19)32-18(3)23(30)20-13-15-21(16-14-20)31-7-2/h8-16,18,22H,6-7,17H2,1-5H3/t18-,22+/m1/s1. The number of ether oxygens (including phenoxy) is 1. The minimum absolute atomic E-state index is 0.0634. The van der Waals surface area contributed by atoms with E-state index in [0.29, 0.717) is 18.7 Å². The largest absolute Gasteiger partial charge is 0.494 e. The van der Waals surface area contributed by atoms with Gasteiger partial charge >= 0.3 is 0 Å². The Bertz CT molecular complexity index is 1000. The number of Topliss-reactive ketones (excluding diaryl/α,β-unsaturated/α-hetero) is 1. The van der Waals surface area contributed by atoms with Crippen LogP contribution in [-0.2, 0) is 6.54 Å². The maximum atomic E-state index is 13.1. The van der Waals surface area contributed by atoms with Crippen molar-refractivity contribution in [3.8, 4) is 5.75 Å². The molecule has 0 radical (unpaired) electrons. The zero-order valence-corrected chi connectivity index (χ0v) is 20.3. The van der Waals surface area contributed by atoms with Crippen LogP contribution < -0.4 is 4.74 Å². The Labute approximate surface area is 195 Å². The van der Waals surface area contributed by atoms with Crippen molar-refractivity contribution in [2.45, 2.75) is 50.2 Å². The molecule has 0 spiro atoms. The molecule has 0 saturated carbocycles. The first-order valence-electron chi connectivity index (χ1n) is 11.0. The summed E-state index contributed by atoms with van der Waals surface area (Å²) in [7, 11) is 4.11. The van der Waals surface area contributed by atoms with Crippen LogP contribution in [0, 0.1) is 0 Å². The highest BCUT2D eigenvalue weighted by atomic mass is 32.2. The van der Waals surface area contributed by atoms with E-state index in [1.807, 2.05) is 56.3 Å². The van der Waals surface area contributed by atoms with Crippen molar-refractivity contribution < 1.29 is 9.53 Å². The lowest BCUT2D eigenvalue weighted by atomic mass is 10.1. The van der Waals surface area contributed by atoms with Gasteiger partial charge in [0.1, 0.15) is 5.75 Å². The van der Waals surface area contributed by atoms with Crippen molar-refractivity contribution in [1.82, 2.24) is 19.7 Å². The van der Waals surface area contributed by atoms with Gasteiger partial charge in [-0.05, 0) is 64.2 Å². The summed E-state index contributed by atoms with van der Waals surface area (Å²) < 4.78 is 7.63. The summed E-state index contributed by atoms with van der Waals surface area (Å²) in [6, 6.07) is 17.8. The van der Waals surface area contributed by atoms with Crippen molar-refractivity contribution in [2.24, 2.45) is 0 Å². The normalized spacial score (nSPS) is 13.2. The smallest absolute Gasteiger partial charge is 0.192 e. The molecule has 0 bridgehead atoms.